The van der Waals surface area contributed by atoms with Gasteiger partial charge in [-0.1, -0.05) is 0 Å². The molecular formula is C4H11N3O. The molecule has 0 aromatic carbocycles. The van der Waals surface area contributed by atoms with Crippen LogP contribution in [0.3, 0.4) is 0 Å². The van der Waals surface area contributed by atoms with E-state index in [2.05, 4.69) is 5.43 Å². The second kappa shape index (κ2) is 3.40. The maximum atomic E-state index is 10.1. The van der Waals surface area contributed by atoms with Crippen LogP contribution in [0.1, 0.15) is 13.3 Å². The summed E-state index contributed by atoms with van der Waals surface area (Å²) < 4.78 is 0. The van der Waals surface area contributed by atoms with E-state index in [1.54, 1.807) is 6.92 Å². The van der Waals surface area contributed by atoms with Crippen LogP contribution < -0.4 is 17.0 Å². The lowest BCUT2D eigenvalue weighted by molar-refractivity contribution is -0.118. The lowest BCUT2D eigenvalue weighted by Crippen LogP contribution is -2.35. The zero-order valence-corrected chi connectivity index (χ0v) is 4.85. The number of nitrogens with one attached hydrogen (secondary N) is 1. The molecule has 1 amide bonds. The maximum absolute atomic E-state index is 10.1. The summed E-state index contributed by atoms with van der Waals surface area (Å²) in [5.41, 5.74) is 7.23. The summed E-state index contributed by atoms with van der Waals surface area (Å²) in [5.74, 6) is 4.63. The number of carbonyl (C=O) groups is 1. The first-order chi connectivity index (χ1) is 3.66. The molecule has 4 nitrogen and oxygen atoms in total. The van der Waals surface area contributed by atoms with Crippen molar-refractivity contribution in [2.24, 2.45) is 11.6 Å². The van der Waals surface area contributed by atoms with E-state index in [-0.39, 0.29) is 18.4 Å². The number of nitrogens with two attached hydrogens (primary N) is 2. The van der Waals surface area contributed by atoms with Crippen LogP contribution in [0.2, 0.25) is 0 Å². The van der Waals surface area contributed by atoms with Crippen molar-refractivity contribution in [2.75, 3.05) is 0 Å². The van der Waals surface area contributed by atoms with Crippen molar-refractivity contribution < 1.29 is 4.79 Å². The summed E-state index contributed by atoms with van der Waals surface area (Å²) >= 11 is 0. The third-order valence-electron chi connectivity index (χ3n) is 0.792. The lowest BCUT2D eigenvalue weighted by Gasteiger charge is -2.04. The number of carbonyl (C=O) groups excluding carboxylic acids is 1. The maximum Gasteiger partial charge on any atom is 0.219 e. The topological polar surface area (TPSA) is 81.1 Å². The molecule has 0 radical (unpaired) electrons. The average molecular weight is 117 g/mol. The average Bonchev–Trinajstić information content (AvgIpc) is 1.65. The Labute approximate surface area is 48.2 Å². The van der Waals surface area contributed by atoms with E-state index < -0.39 is 0 Å². The highest BCUT2D eigenvalue weighted by Crippen LogP contribution is 1.83. The monoisotopic (exact) mass is 117 g/mol. The van der Waals surface area contributed by atoms with Crippen LogP contribution in [0.25, 0.3) is 0 Å². The van der Waals surface area contributed by atoms with Gasteiger partial charge in [-0.15, -0.1) is 0 Å². The fourth-order valence-electron chi connectivity index (χ4n) is 0.361. The van der Waals surface area contributed by atoms with Gasteiger partial charge < -0.3 is 5.73 Å². The molecule has 0 spiro atoms. The molecule has 0 aliphatic rings. The molecule has 5 N–H and O–H groups in total. The second-order valence-electron chi connectivity index (χ2n) is 1.74. The van der Waals surface area contributed by atoms with E-state index in [1.807, 2.05) is 0 Å². The Morgan fingerprint density at radius 3 is 2.50 bits per heavy atom. The van der Waals surface area contributed by atoms with Crippen LogP contribution >= 0.6 is 0 Å². The quantitative estimate of drug-likeness (QED) is 0.318. The van der Waals surface area contributed by atoms with Gasteiger partial charge in [-0.3, -0.25) is 16.1 Å². The minimum atomic E-state index is -0.338. The van der Waals surface area contributed by atoms with Gasteiger partial charge in [-0.05, 0) is 6.92 Å². The number of primary amides is 1. The molecule has 0 rings (SSSR count). The summed E-state index contributed by atoms with van der Waals surface area (Å²) in [4.78, 5) is 10.1. The normalized spacial score (nSPS) is 13.2. The van der Waals surface area contributed by atoms with Gasteiger partial charge in [-0.25, -0.2) is 0 Å². The van der Waals surface area contributed by atoms with E-state index in [0.717, 1.165) is 0 Å². The van der Waals surface area contributed by atoms with Crippen molar-refractivity contribution in [3.05, 3.63) is 0 Å². The zero-order chi connectivity index (χ0) is 6.57. The first-order valence-electron chi connectivity index (χ1n) is 2.41. The third-order valence-corrected chi connectivity index (χ3v) is 0.792. The molecule has 0 aliphatic heterocycles. The Kier molecular flexibility index (Phi) is 3.14. The largest absolute Gasteiger partial charge is 0.370 e. The number of rotatable bonds is 3. The highest BCUT2D eigenvalue weighted by Gasteiger charge is 2.00. The minimum absolute atomic E-state index is 0.0208. The number of amides is 1. The number of hydrogen-bond acceptors (Lipinski definition) is 3. The molecule has 0 aliphatic carbocycles. The third kappa shape index (κ3) is 3.58. The number of hydrogen-bond donors (Lipinski definition) is 3. The summed E-state index contributed by atoms with van der Waals surface area (Å²) in [6.45, 7) is 1.78. The van der Waals surface area contributed by atoms with E-state index in [1.165, 1.54) is 0 Å². The highest BCUT2D eigenvalue weighted by atomic mass is 16.1. The van der Waals surface area contributed by atoms with E-state index >= 15 is 0 Å². The van der Waals surface area contributed by atoms with Crippen molar-refractivity contribution in [1.82, 2.24) is 5.43 Å². The molecule has 0 aromatic heterocycles. The minimum Gasteiger partial charge on any atom is -0.370 e. The van der Waals surface area contributed by atoms with E-state index in [9.17, 15) is 4.79 Å². The van der Waals surface area contributed by atoms with Crippen molar-refractivity contribution in [3.63, 3.8) is 0 Å². The van der Waals surface area contributed by atoms with Crippen molar-refractivity contribution in [1.29, 1.82) is 0 Å². The van der Waals surface area contributed by atoms with Gasteiger partial charge in [0.25, 0.3) is 0 Å². The summed E-state index contributed by atoms with van der Waals surface area (Å²) in [6.07, 6.45) is 0.288. The Bertz CT molecular complexity index is 83.4. The van der Waals surface area contributed by atoms with E-state index in [0.29, 0.717) is 0 Å². The first-order valence-corrected chi connectivity index (χ1v) is 2.41. The Morgan fingerprint density at radius 2 is 2.38 bits per heavy atom. The first kappa shape index (κ1) is 7.39. The number of hydrazine groups is 1. The van der Waals surface area contributed by atoms with Crippen LogP contribution in [-0.2, 0) is 4.79 Å². The molecule has 1 atom stereocenters. The van der Waals surface area contributed by atoms with Crippen LogP contribution in [0.4, 0.5) is 0 Å². The SMILES string of the molecule is CC(CC(N)=O)NN. The molecule has 0 aromatic rings. The molecule has 8 heavy (non-hydrogen) atoms. The summed E-state index contributed by atoms with van der Waals surface area (Å²) in [7, 11) is 0. The van der Waals surface area contributed by atoms with Crippen LogP contribution in [0.15, 0.2) is 0 Å². The Morgan fingerprint density at radius 1 is 1.88 bits per heavy atom. The predicted octanol–water partition coefficient (Wildman–Crippen LogP) is -1.29. The van der Waals surface area contributed by atoms with Crippen molar-refractivity contribution in [2.45, 2.75) is 19.4 Å². The standard InChI is InChI=1S/C4H11N3O/c1-3(7-6)2-4(5)8/h3,7H,2,6H2,1H3,(H2,5,8). The summed E-state index contributed by atoms with van der Waals surface area (Å²) in [6, 6.07) is -0.0208. The van der Waals surface area contributed by atoms with E-state index in [4.69, 9.17) is 11.6 Å². The molecule has 0 bridgehead atoms. The summed E-state index contributed by atoms with van der Waals surface area (Å²) in [5, 5.41) is 0. The fraction of sp³-hybridized carbons (Fsp3) is 0.750. The molecule has 0 saturated heterocycles. The molecule has 0 saturated carbocycles. The van der Waals surface area contributed by atoms with Gasteiger partial charge in [0.2, 0.25) is 5.91 Å². The van der Waals surface area contributed by atoms with Crippen LogP contribution in [0.5, 0.6) is 0 Å². The molecule has 48 valence electrons. The van der Waals surface area contributed by atoms with Gasteiger partial charge in [-0.2, -0.15) is 0 Å². The fourth-order valence-corrected chi connectivity index (χ4v) is 0.361. The van der Waals surface area contributed by atoms with Crippen LogP contribution in [-0.4, -0.2) is 11.9 Å². The van der Waals surface area contributed by atoms with Crippen LogP contribution in [0, 0.1) is 0 Å². The zero-order valence-electron chi connectivity index (χ0n) is 4.85. The van der Waals surface area contributed by atoms with Gasteiger partial charge in [0.15, 0.2) is 0 Å². The molecule has 1 unspecified atom stereocenters. The predicted molar refractivity (Wildman–Crippen MR) is 30.6 cm³/mol. The molecule has 4 heteroatoms. The van der Waals surface area contributed by atoms with Crippen molar-refractivity contribution in [3.8, 4) is 0 Å². The van der Waals surface area contributed by atoms with Crippen molar-refractivity contribution >= 4 is 5.91 Å². The van der Waals surface area contributed by atoms with Gasteiger partial charge in [0.1, 0.15) is 0 Å². The second-order valence-corrected chi connectivity index (χ2v) is 1.74. The molecule has 0 heterocycles. The smallest absolute Gasteiger partial charge is 0.219 e. The Hall–Kier alpha value is -0.610. The molecular weight excluding hydrogens is 106 g/mol. The van der Waals surface area contributed by atoms with Gasteiger partial charge in [0.05, 0.1) is 0 Å². The highest BCUT2D eigenvalue weighted by molar-refractivity contribution is 5.74. The Balaban J connectivity index is 3.24. The molecule has 0 fully saturated rings. The van der Waals surface area contributed by atoms with Gasteiger partial charge in [0, 0.05) is 12.5 Å². The van der Waals surface area contributed by atoms with Gasteiger partial charge >= 0.3 is 0 Å². The lowest BCUT2D eigenvalue weighted by atomic mass is 10.2.